The number of Topliss-reactive ketones (excluding diaryl/α,β-unsaturated/α-hetero) is 1. The third-order valence-corrected chi connectivity index (χ3v) is 5.57. The molecule has 1 atom stereocenters. The molecule has 2 rings (SSSR count). The third-order valence-electron chi connectivity index (χ3n) is 4.51. The second-order valence-corrected chi connectivity index (χ2v) is 8.78. The molecular formula is C24H32Br2O2. The van der Waals surface area contributed by atoms with Gasteiger partial charge in [0.1, 0.15) is 0 Å². The van der Waals surface area contributed by atoms with E-state index >= 15 is 0 Å². The van der Waals surface area contributed by atoms with Gasteiger partial charge in [0.25, 0.3) is 0 Å². The van der Waals surface area contributed by atoms with E-state index in [4.69, 9.17) is 0 Å². The maximum Gasteiger partial charge on any atom is 0.162 e. The minimum Gasteiger partial charge on any atom is -0.388 e. The largest absolute Gasteiger partial charge is 0.388 e. The number of aliphatic hydroxyl groups excluding tert-OH is 1. The number of unbranched alkanes of at least 4 members (excludes halogenated alkanes) is 4. The molecule has 0 aliphatic carbocycles. The molecule has 0 unspecified atom stereocenters. The number of benzene rings is 2. The van der Waals surface area contributed by atoms with Gasteiger partial charge in [-0.3, -0.25) is 4.79 Å². The van der Waals surface area contributed by atoms with Crippen LogP contribution < -0.4 is 0 Å². The summed E-state index contributed by atoms with van der Waals surface area (Å²) >= 11 is 6.72. The topological polar surface area (TPSA) is 37.3 Å². The lowest BCUT2D eigenvalue weighted by Crippen LogP contribution is -1.98. The third kappa shape index (κ3) is 10.5. The summed E-state index contributed by atoms with van der Waals surface area (Å²) in [4.78, 5) is 11.6. The molecule has 0 saturated carbocycles. The van der Waals surface area contributed by atoms with Gasteiger partial charge in [-0.15, -0.1) is 0 Å². The lowest BCUT2D eigenvalue weighted by Gasteiger charge is -2.10. The van der Waals surface area contributed by atoms with Crippen molar-refractivity contribution in [3.05, 3.63) is 68.6 Å². The van der Waals surface area contributed by atoms with Gasteiger partial charge in [0.05, 0.1) is 6.10 Å². The Labute approximate surface area is 187 Å². The molecule has 4 heteroatoms. The SMILES string of the molecule is CCCCCC(=O)c1ccc(Br)cc1.CCCCC[C@H](O)c1ccc(Br)cc1. The summed E-state index contributed by atoms with van der Waals surface area (Å²) in [5.74, 6) is 0.256. The molecule has 0 radical (unpaired) electrons. The predicted octanol–water partition coefficient (Wildman–Crippen LogP) is 8.27. The van der Waals surface area contributed by atoms with E-state index in [-0.39, 0.29) is 11.9 Å². The first-order chi connectivity index (χ1) is 13.5. The molecule has 2 aromatic rings. The highest BCUT2D eigenvalue weighted by Crippen LogP contribution is 2.21. The van der Waals surface area contributed by atoms with Crippen LogP contribution in [0.25, 0.3) is 0 Å². The number of halogens is 2. The summed E-state index contributed by atoms with van der Waals surface area (Å²) in [5.41, 5.74) is 1.84. The number of aliphatic hydroxyl groups is 1. The monoisotopic (exact) mass is 510 g/mol. The quantitative estimate of drug-likeness (QED) is 0.257. The van der Waals surface area contributed by atoms with E-state index in [9.17, 15) is 9.90 Å². The Bertz CT molecular complexity index is 666. The van der Waals surface area contributed by atoms with Crippen molar-refractivity contribution in [3.63, 3.8) is 0 Å². The maximum atomic E-state index is 11.6. The number of rotatable bonds is 10. The van der Waals surface area contributed by atoms with Crippen LogP contribution in [0.3, 0.4) is 0 Å². The fraction of sp³-hybridized carbons (Fsp3) is 0.458. The standard InChI is InChI=1S/C12H17BrO.C12H15BrO/c2*1-2-3-4-5-12(14)10-6-8-11(13)9-7-10/h6-9,12,14H,2-5H2,1H3;6-9H,2-5H2,1H3/t12-;/m0./s1. The molecule has 1 N–H and O–H groups in total. The van der Waals surface area contributed by atoms with Crippen LogP contribution in [0.4, 0.5) is 0 Å². The number of carbonyl (C=O) groups is 1. The highest BCUT2D eigenvalue weighted by atomic mass is 79.9. The van der Waals surface area contributed by atoms with Gasteiger partial charge >= 0.3 is 0 Å². The van der Waals surface area contributed by atoms with Crippen molar-refractivity contribution in [2.75, 3.05) is 0 Å². The molecule has 0 fully saturated rings. The van der Waals surface area contributed by atoms with Gasteiger partial charge < -0.3 is 5.11 Å². The van der Waals surface area contributed by atoms with Crippen LogP contribution in [0.1, 0.15) is 87.2 Å². The van der Waals surface area contributed by atoms with Crippen LogP contribution in [0.2, 0.25) is 0 Å². The number of ketones is 1. The lowest BCUT2D eigenvalue weighted by atomic mass is 10.0. The Balaban J connectivity index is 0.000000280. The molecule has 154 valence electrons. The second-order valence-electron chi connectivity index (χ2n) is 6.95. The average molecular weight is 512 g/mol. The molecule has 0 heterocycles. The average Bonchev–Trinajstić information content (AvgIpc) is 2.70. The fourth-order valence-corrected chi connectivity index (χ4v) is 3.28. The summed E-state index contributed by atoms with van der Waals surface area (Å²) in [6.45, 7) is 4.32. The van der Waals surface area contributed by atoms with E-state index in [2.05, 4.69) is 45.7 Å². The maximum absolute atomic E-state index is 11.6. The van der Waals surface area contributed by atoms with Crippen LogP contribution in [-0.2, 0) is 0 Å². The lowest BCUT2D eigenvalue weighted by molar-refractivity contribution is 0.0979. The minimum atomic E-state index is -0.297. The molecule has 0 amide bonds. The molecule has 0 aliphatic rings. The van der Waals surface area contributed by atoms with Gasteiger partial charge in [-0.25, -0.2) is 0 Å². The van der Waals surface area contributed by atoms with Crippen molar-refractivity contribution < 1.29 is 9.90 Å². The molecular weight excluding hydrogens is 480 g/mol. The van der Waals surface area contributed by atoms with Gasteiger partial charge in [-0.2, -0.15) is 0 Å². The first kappa shape index (κ1) is 25.1. The summed E-state index contributed by atoms with van der Waals surface area (Å²) in [7, 11) is 0. The Hall–Kier alpha value is -0.970. The van der Waals surface area contributed by atoms with Gasteiger partial charge in [0, 0.05) is 20.9 Å². The second kappa shape index (κ2) is 14.9. The number of hydrogen-bond donors (Lipinski definition) is 1. The van der Waals surface area contributed by atoms with Gasteiger partial charge in [-0.05, 0) is 42.7 Å². The van der Waals surface area contributed by atoms with Gasteiger partial charge in [-0.1, -0.05) is 102 Å². The van der Waals surface area contributed by atoms with E-state index in [1.165, 1.54) is 12.8 Å². The van der Waals surface area contributed by atoms with E-state index < -0.39 is 0 Å². The van der Waals surface area contributed by atoms with Crippen LogP contribution in [0.15, 0.2) is 57.5 Å². The zero-order valence-corrected chi connectivity index (χ0v) is 20.1. The number of hydrogen-bond acceptors (Lipinski definition) is 2. The smallest absolute Gasteiger partial charge is 0.162 e. The van der Waals surface area contributed by atoms with Crippen LogP contribution in [0, 0.1) is 0 Å². The van der Waals surface area contributed by atoms with Crippen LogP contribution >= 0.6 is 31.9 Å². The van der Waals surface area contributed by atoms with Crippen molar-refractivity contribution in [2.45, 2.75) is 71.3 Å². The Kier molecular flexibility index (Phi) is 13.4. The van der Waals surface area contributed by atoms with Crippen LogP contribution in [-0.4, -0.2) is 10.9 Å². The van der Waals surface area contributed by atoms with Crippen molar-refractivity contribution in [1.82, 2.24) is 0 Å². The molecule has 0 aliphatic heterocycles. The fourth-order valence-electron chi connectivity index (χ4n) is 2.75. The molecule has 2 nitrogen and oxygen atoms in total. The minimum absolute atomic E-state index is 0.256. The summed E-state index contributed by atoms with van der Waals surface area (Å²) in [5, 5.41) is 9.82. The summed E-state index contributed by atoms with van der Waals surface area (Å²) in [6, 6.07) is 15.5. The van der Waals surface area contributed by atoms with Crippen molar-refractivity contribution in [1.29, 1.82) is 0 Å². The van der Waals surface area contributed by atoms with Crippen molar-refractivity contribution in [2.24, 2.45) is 0 Å². The van der Waals surface area contributed by atoms with Crippen molar-refractivity contribution in [3.8, 4) is 0 Å². The van der Waals surface area contributed by atoms with E-state index in [1.807, 2.05) is 48.5 Å². The summed E-state index contributed by atoms with van der Waals surface area (Å²) in [6.07, 6.45) is 8.07. The Morgan fingerprint density at radius 1 is 0.821 bits per heavy atom. The predicted molar refractivity (Wildman–Crippen MR) is 126 cm³/mol. The first-order valence-electron chi connectivity index (χ1n) is 10.2. The molecule has 28 heavy (non-hydrogen) atoms. The molecule has 0 spiro atoms. The Morgan fingerprint density at radius 2 is 1.32 bits per heavy atom. The highest BCUT2D eigenvalue weighted by molar-refractivity contribution is 9.10. The highest BCUT2D eigenvalue weighted by Gasteiger charge is 2.06. The molecule has 2 aromatic carbocycles. The van der Waals surface area contributed by atoms with E-state index in [0.717, 1.165) is 52.2 Å². The Morgan fingerprint density at radius 3 is 1.86 bits per heavy atom. The first-order valence-corrected chi connectivity index (χ1v) is 11.8. The normalized spacial score (nSPS) is 11.5. The zero-order chi connectivity index (χ0) is 20.8. The molecule has 0 aromatic heterocycles. The van der Waals surface area contributed by atoms with E-state index in [0.29, 0.717) is 6.42 Å². The van der Waals surface area contributed by atoms with Crippen LogP contribution in [0.5, 0.6) is 0 Å². The van der Waals surface area contributed by atoms with E-state index in [1.54, 1.807) is 0 Å². The van der Waals surface area contributed by atoms with Crippen molar-refractivity contribution >= 4 is 37.6 Å². The van der Waals surface area contributed by atoms with Gasteiger partial charge in [0.15, 0.2) is 5.78 Å². The number of carbonyl (C=O) groups excluding carboxylic acids is 1. The molecule has 0 saturated heterocycles. The molecule has 0 bridgehead atoms. The van der Waals surface area contributed by atoms with Gasteiger partial charge in [0.2, 0.25) is 0 Å². The zero-order valence-electron chi connectivity index (χ0n) is 17.0. The summed E-state index contributed by atoms with van der Waals surface area (Å²) < 4.78 is 2.07.